The van der Waals surface area contributed by atoms with Crippen LogP contribution in [0, 0.1) is 11.3 Å². The Labute approximate surface area is 297 Å². The molecular weight excluding hydrogens is 656 g/mol. The van der Waals surface area contributed by atoms with Gasteiger partial charge in [-0.2, -0.15) is 0 Å². The lowest BCUT2D eigenvalue weighted by Crippen LogP contribution is -2.48. The van der Waals surface area contributed by atoms with Crippen LogP contribution in [0.1, 0.15) is 55.2 Å². The van der Waals surface area contributed by atoms with E-state index in [0.29, 0.717) is 36.7 Å². The van der Waals surface area contributed by atoms with Crippen LogP contribution >= 0.6 is 11.6 Å². The minimum atomic E-state index is -1.23. The third-order valence-corrected chi connectivity index (χ3v) is 8.11. The Balaban J connectivity index is 1.24. The largest absolute Gasteiger partial charge is 0.498 e. The number of nitrogens with one attached hydrogen (secondary N) is 3. The Morgan fingerprint density at radius 1 is 0.800 bits per heavy atom. The third-order valence-electron chi connectivity index (χ3n) is 7.86. The summed E-state index contributed by atoms with van der Waals surface area (Å²) in [5, 5.41) is 23.2. The van der Waals surface area contributed by atoms with Gasteiger partial charge in [0.25, 0.3) is 5.60 Å². The molecule has 0 unspecified atom stereocenters. The summed E-state index contributed by atoms with van der Waals surface area (Å²) in [4.78, 5) is 38.4. The highest BCUT2D eigenvalue weighted by Gasteiger charge is 2.40. The summed E-state index contributed by atoms with van der Waals surface area (Å²) in [6.45, 7) is 0.855. The molecule has 0 spiro atoms. The lowest BCUT2D eigenvalue weighted by atomic mass is 9.87. The van der Waals surface area contributed by atoms with E-state index in [0.717, 1.165) is 29.5 Å². The van der Waals surface area contributed by atoms with E-state index < -0.39 is 29.6 Å². The summed E-state index contributed by atoms with van der Waals surface area (Å²) >= 11 is 5.93. The minimum absolute atomic E-state index is 0.0547. The zero-order chi connectivity index (χ0) is 35.4. The smallest absolute Gasteiger partial charge is 0.344 e. The number of hydrogen-bond acceptors (Lipinski definition) is 6. The molecule has 0 fully saturated rings. The van der Waals surface area contributed by atoms with Gasteiger partial charge in [0, 0.05) is 46.4 Å². The standard InChI is InChI=1S/C39H41ClN4O6/c40-33-20-22-34(23-21-33)43-38(47)44-35(24-25-36(45)49-28-30-14-6-3-7-15-30)37(46)41-26-12-1-2-13-27-50-39(29-42-48,31-16-8-4-9-17-31)32-18-10-5-11-19-32/h3-11,14-23,35H,1-2,12-13,24-28H2,(H,41,46)(H2,43,44,47)/t35-/m0/s1. The molecule has 4 aromatic rings. The number of urea groups is 1. The summed E-state index contributed by atoms with van der Waals surface area (Å²) < 4.78 is 11.7. The Hall–Kier alpha value is -5.37. The van der Waals surface area contributed by atoms with E-state index in [2.05, 4.69) is 27.0 Å². The van der Waals surface area contributed by atoms with E-state index in [9.17, 15) is 19.6 Å². The number of ether oxygens (including phenoxy) is 2. The Bertz CT molecular complexity index is 1660. The van der Waals surface area contributed by atoms with E-state index in [4.69, 9.17) is 21.1 Å². The summed E-state index contributed by atoms with van der Waals surface area (Å²) in [6.07, 6.45) is 2.99. The molecule has 0 radical (unpaired) electrons. The zero-order valence-electron chi connectivity index (χ0n) is 27.7. The molecule has 3 N–H and O–H groups in total. The zero-order valence-corrected chi connectivity index (χ0v) is 28.4. The van der Waals surface area contributed by atoms with Crippen molar-refractivity contribution >= 4 is 35.2 Å². The molecule has 50 heavy (non-hydrogen) atoms. The van der Waals surface area contributed by atoms with Crippen LogP contribution in [0.25, 0.3) is 5.01 Å². The van der Waals surface area contributed by atoms with Gasteiger partial charge in [0.05, 0.1) is 0 Å². The van der Waals surface area contributed by atoms with E-state index in [1.807, 2.05) is 91.0 Å². The second kappa shape index (κ2) is 20.2. The molecule has 4 rings (SSSR count). The maximum absolute atomic E-state index is 13.2. The van der Waals surface area contributed by atoms with Crippen LogP contribution in [-0.4, -0.2) is 37.1 Å². The van der Waals surface area contributed by atoms with Gasteiger partial charge < -0.3 is 30.6 Å². The van der Waals surface area contributed by atoms with Crippen LogP contribution in [-0.2, 0) is 31.3 Å². The van der Waals surface area contributed by atoms with Crippen molar-refractivity contribution in [3.8, 4) is 6.07 Å². The van der Waals surface area contributed by atoms with Crippen molar-refractivity contribution in [3.63, 3.8) is 0 Å². The summed E-state index contributed by atoms with van der Waals surface area (Å²) in [7, 11) is 0. The van der Waals surface area contributed by atoms with Gasteiger partial charge in [-0.15, -0.1) is 0 Å². The lowest BCUT2D eigenvalue weighted by molar-refractivity contribution is -0.145. The second-order valence-corrected chi connectivity index (χ2v) is 11.9. The Morgan fingerprint density at radius 2 is 1.40 bits per heavy atom. The maximum atomic E-state index is 13.2. The first-order valence-electron chi connectivity index (χ1n) is 16.5. The molecule has 0 aliphatic carbocycles. The number of benzene rings is 4. The third kappa shape index (κ3) is 11.9. The summed E-state index contributed by atoms with van der Waals surface area (Å²) in [5.74, 6) is -0.880. The van der Waals surface area contributed by atoms with Crippen molar-refractivity contribution in [2.45, 2.75) is 56.8 Å². The number of amides is 3. The first-order chi connectivity index (χ1) is 24.4. The van der Waals surface area contributed by atoms with Gasteiger partial charge in [-0.25, -0.2) is 4.79 Å². The number of carbonyl (C=O) groups is 3. The average Bonchev–Trinajstić information content (AvgIpc) is 3.15. The van der Waals surface area contributed by atoms with Crippen LogP contribution in [0.2, 0.25) is 5.02 Å². The van der Waals surface area contributed by atoms with Crippen molar-refractivity contribution in [3.05, 3.63) is 147 Å². The van der Waals surface area contributed by atoms with Crippen molar-refractivity contribution in [1.82, 2.24) is 10.6 Å². The van der Waals surface area contributed by atoms with Gasteiger partial charge in [-0.1, -0.05) is 115 Å². The number of carbonyl (C=O) groups excluding carboxylic acids is 3. The van der Waals surface area contributed by atoms with Gasteiger partial charge in [0.1, 0.15) is 12.6 Å². The number of unbranched alkanes of at least 4 members (excludes halogenated alkanes) is 3. The Kier molecular flexibility index (Phi) is 15.1. The molecule has 260 valence electrons. The molecule has 0 aliphatic heterocycles. The normalized spacial score (nSPS) is 11.4. The van der Waals surface area contributed by atoms with Crippen molar-refractivity contribution in [2.24, 2.45) is 0 Å². The molecule has 10 nitrogen and oxygen atoms in total. The number of nitrogens with zero attached hydrogens (tertiary/aromatic N) is 1. The molecule has 0 bridgehead atoms. The second-order valence-electron chi connectivity index (χ2n) is 11.5. The number of anilines is 1. The summed E-state index contributed by atoms with van der Waals surface area (Å²) in [6, 6.07) is 35.7. The monoisotopic (exact) mass is 696 g/mol. The number of halogens is 1. The Morgan fingerprint density at radius 3 is 2.02 bits per heavy atom. The fraction of sp³-hybridized carbons (Fsp3) is 0.282. The van der Waals surface area contributed by atoms with Crippen LogP contribution < -0.4 is 16.0 Å². The molecule has 0 saturated carbocycles. The van der Waals surface area contributed by atoms with E-state index in [1.54, 1.807) is 24.3 Å². The van der Waals surface area contributed by atoms with Gasteiger partial charge in [0.15, 0.2) is 0 Å². The van der Waals surface area contributed by atoms with Crippen molar-refractivity contribution < 1.29 is 23.9 Å². The quantitative estimate of drug-likeness (QED) is 0.0552. The average molecular weight is 697 g/mol. The fourth-order valence-corrected chi connectivity index (χ4v) is 5.37. The molecule has 4 aromatic carbocycles. The van der Waals surface area contributed by atoms with Crippen molar-refractivity contribution in [1.29, 1.82) is 0 Å². The molecule has 0 aliphatic rings. The number of hydrogen-bond donors (Lipinski definition) is 3. The SMILES string of the molecule is O=C(Nc1ccc(Cl)cc1)N[C@@H](CCC(=O)OCc1ccccc1)C(=O)NCCCCCCOC(C#[N+][O-])(c1ccccc1)c1ccccc1. The fourth-order valence-electron chi connectivity index (χ4n) is 5.25. The highest BCUT2D eigenvalue weighted by molar-refractivity contribution is 6.30. The van der Waals surface area contributed by atoms with Gasteiger partial charge >= 0.3 is 18.1 Å². The predicted molar refractivity (Wildman–Crippen MR) is 195 cm³/mol. The van der Waals surface area contributed by atoms with Gasteiger partial charge in [0.2, 0.25) is 5.91 Å². The highest BCUT2D eigenvalue weighted by atomic mass is 35.5. The first kappa shape index (κ1) is 37.4. The van der Waals surface area contributed by atoms with E-state index >= 15 is 0 Å². The van der Waals surface area contributed by atoms with E-state index in [1.165, 1.54) is 0 Å². The molecule has 11 heteroatoms. The lowest BCUT2D eigenvalue weighted by Gasteiger charge is -2.25. The maximum Gasteiger partial charge on any atom is 0.344 e. The predicted octanol–water partition coefficient (Wildman–Crippen LogP) is 7.82. The minimum Gasteiger partial charge on any atom is -0.498 e. The number of rotatable bonds is 18. The molecule has 1 atom stereocenters. The van der Waals surface area contributed by atoms with Gasteiger partial charge in [-0.3, -0.25) is 9.59 Å². The molecule has 0 aromatic heterocycles. The van der Waals surface area contributed by atoms with E-state index in [-0.39, 0.29) is 19.4 Å². The molecular formula is C39H41ClN4O6. The first-order valence-corrected chi connectivity index (χ1v) is 16.9. The number of esters is 1. The van der Waals surface area contributed by atoms with Crippen LogP contribution in [0.4, 0.5) is 10.5 Å². The molecule has 0 saturated heterocycles. The molecule has 0 heterocycles. The highest BCUT2D eigenvalue weighted by Crippen LogP contribution is 2.34. The summed E-state index contributed by atoms with van der Waals surface area (Å²) in [5.41, 5.74) is 1.63. The van der Waals surface area contributed by atoms with Crippen molar-refractivity contribution in [2.75, 3.05) is 18.5 Å². The van der Waals surface area contributed by atoms with Crippen LogP contribution in [0.5, 0.6) is 0 Å². The van der Waals surface area contributed by atoms with Crippen LogP contribution in [0.3, 0.4) is 0 Å². The topological polar surface area (TPSA) is 133 Å². The molecule has 3 amide bonds. The van der Waals surface area contributed by atoms with Gasteiger partial charge in [-0.05, 0) is 49.1 Å². The van der Waals surface area contributed by atoms with Crippen LogP contribution in [0.15, 0.2) is 115 Å².